The molecule has 0 saturated carbocycles. The summed E-state index contributed by atoms with van der Waals surface area (Å²) < 4.78 is 2.02. The van der Waals surface area contributed by atoms with E-state index in [9.17, 15) is 0 Å². The average Bonchev–Trinajstić information content (AvgIpc) is 2.88. The summed E-state index contributed by atoms with van der Waals surface area (Å²) in [6, 6.07) is 8.13. The minimum Gasteiger partial charge on any atom is -0.369 e. The van der Waals surface area contributed by atoms with E-state index in [2.05, 4.69) is 21.4 Å². The van der Waals surface area contributed by atoms with E-state index in [-0.39, 0.29) is 0 Å². The number of rotatable bonds is 0. The van der Waals surface area contributed by atoms with Gasteiger partial charge in [0.15, 0.2) is 5.65 Å². The predicted molar refractivity (Wildman–Crippen MR) is 62.7 cm³/mol. The van der Waals surface area contributed by atoms with Gasteiger partial charge in [-0.05, 0) is 30.2 Å². The summed E-state index contributed by atoms with van der Waals surface area (Å²) >= 11 is 0. The SMILES string of the molecule is c1ccn2c(c1)nc1cc3c(nc12)NCC3. The van der Waals surface area contributed by atoms with Crippen LogP contribution in [0.25, 0.3) is 16.8 Å². The van der Waals surface area contributed by atoms with Gasteiger partial charge in [0.1, 0.15) is 17.0 Å². The Morgan fingerprint density at radius 1 is 1.25 bits per heavy atom. The summed E-state index contributed by atoms with van der Waals surface area (Å²) in [5.41, 5.74) is 4.14. The van der Waals surface area contributed by atoms with Gasteiger partial charge >= 0.3 is 0 Å². The molecule has 0 bridgehead atoms. The molecule has 0 amide bonds. The third-order valence-corrected chi connectivity index (χ3v) is 3.05. The summed E-state index contributed by atoms with van der Waals surface area (Å²) in [5, 5.41) is 3.29. The molecular weight excluding hydrogens is 200 g/mol. The number of aromatic nitrogens is 3. The predicted octanol–water partition coefficient (Wildman–Crippen LogP) is 1.85. The molecule has 4 heterocycles. The first-order valence-corrected chi connectivity index (χ1v) is 5.42. The van der Waals surface area contributed by atoms with Crippen molar-refractivity contribution in [3.05, 3.63) is 36.0 Å². The van der Waals surface area contributed by atoms with E-state index in [1.807, 2.05) is 28.8 Å². The minimum atomic E-state index is 0.934. The van der Waals surface area contributed by atoms with E-state index >= 15 is 0 Å². The van der Waals surface area contributed by atoms with Crippen LogP contribution in [-0.2, 0) is 6.42 Å². The molecule has 0 fully saturated rings. The molecule has 0 aromatic carbocycles. The van der Waals surface area contributed by atoms with Crippen LogP contribution in [0.5, 0.6) is 0 Å². The number of pyridine rings is 2. The Balaban J connectivity index is 2.19. The van der Waals surface area contributed by atoms with Crippen molar-refractivity contribution in [2.24, 2.45) is 0 Å². The zero-order chi connectivity index (χ0) is 10.5. The zero-order valence-corrected chi connectivity index (χ0v) is 8.64. The van der Waals surface area contributed by atoms with Crippen molar-refractivity contribution in [2.75, 3.05) is 11.9 Å². The lowest BCUT2D eigenvalue weighted by Crippen LogP contribution is -1.94. The first-order chi connectivity index (χ1) is 7.92. The fourth-order valence-corrected chi connectivity index (χ4v) is 2.28. The number of nitrogens with zero attached hydrogens (tertiary/aromatic N) is 3. The molecule has 78 valence electrons. The fourth-order valence-electron chi connectivity index (χ4n) is 2.28. The van der Waals surface area contributed by atoms with Gasteiger partial charge in [-0.15, -0.1) is 0 Å². The number of hydrogen-bond donors (Lipinski definition) is 1. The topological polar surface area (TPSA) is 42.2 Å². The van der Waals surface area contributed by atoms with Crippen molar-refractivity contribution < 1.29 is 0 Å². The van der Waals surface area contributed by atoms with E-state index in [1.165, 1.54) is 5.56 Å². The highest BCUT2D eigenvalue weighted by molar-refractivity contribution is 5.80. The molecule has 1 N–H and O–H groups in total. The second-order valence-corrected chi connectivity index (χ2v) is 4.06. The summed E-state index contributed by atoms with van der Waals surface area (Å²) in [4.78, 5) is 9.20. The summed E-state index contributed by atoms with van der Waals surface area (Å²) in [6.07, 6.45) is 3.05. The van der Waals surface area contributed by atoms with Gasteiger partial charge < -0.3 is 5.32 Å². The molecule has 4 nitrogen and oxygen atoms in total. The molecule has 0 unspecified atom stereocenters. The standard InChI is InChI=1S/C12H10N4/c1-2-6-16-10(3-1)14-9-7-8-4-5-13-11(8)15-12(9)16/h1-3,6-7H,4-5H2,(H,13,15). The monoisotopic (exact) mass is 210 g/mol. The molecule has 0 radical (unpaired) electrons. The average molecular weight is 210 g/mol. The van der Waals surface area contributed by atoms with Crippen LogP contribution in [-0.4, -0.2) is 20.9 Å². The highest BCUT2D eigenvalue weighted by Gasteiger charge is 2.15. The van der Waals surface area contributed by atoms with Crippen LogP contribution < -0.4 is 5.32 Å². The molecule has 1 aliphatic heterocycles. The first-order valence-electron chi connectivity index (χ1n) is 5.42. The van der Waals surface area contributed by atoms with Crippen LogP contribution in [0.15, 0.2) is 30.5 Å². The summed E-state index contributed by atoms with van der Waals surface area (Å²) in [5.74, 6) is 1.01. The number of imidazole rings is 1. The number of anilines is 1. The highest BCUT2D eigenvalue weighted by atomic mass is 15.1. The van der Waals surface area contributed by atoms with Gasteiger partial charge in [-0.2, -0.15) is 0 Å². The molecule has 3 aromatic rings. The largest absolute Gasteiger partial charge is 0.369 e. The Morgan fingerprint density at radius 2 is 2.25 bits per heavy atom. The number of fused-ring (bicyclic) bond motifs is 4. The van der Waals surface area contributed by atoms with Gasteiger partial charge in [-0.3, -0.25) is 4.40 Å². The van der Waals surface area contributed by atoms with Crippen LogP contribution in [0.1, 0.15) is 5.56 Å². The second kappa shape index (κ2) is 2.72. The van der Waals surface area contributed by atoms with E-state index in [1.54, 1.807) is 0 Å². The van der Waals surface area contributed by atoms with Crippen molar-refractivity contribution in [1.29, 1.82) is 0 Å². The van der Waals surface area contributed by atoms with Crippen LogP contribution in [0.3, 0.4) is 0 Å². The molecule has 0 spiro atoms. The Kier molecular flexibility index (Phi) is 1.38. The lowest BCUT2D eigenvalue weighted by molar-refractivity contribution is 1.11. The minimum absolute atomic E-state index is 0.934. The van der Waals surface area contributed by atoms with E-state index in [0.29, 0.717) is 0 Å². The van der Waals surface area contributed by atoms with Crippen molar-refractivity contribution in [3.63, 3.8) is 0 Å². The Hall–Kier alpha value is -2.10. The van der Waals surface area contributed by atoms with Crippen LogP contribution in [0.4, 0.5) is 5.82 Å². The van der Waals surface area contributed by atoms with E-state index < -0.39 is 0 Å². The maximum atomic E-state index is 4.63. The Labute approximate surface area is 91.9 Å². The van der Waals surface area contributed by atoms with Crippen molar-refractivity contribution in [3.8, 4) is 0 Å². The first kappa shape index (κ1) is 8.10. The summed E-state index contributed by atoms with van der Waals surface area (Å²) in [6.45, 7) is 0.984. The third-order valence-electron chi connectivity index (χ3n) is 3.05. The molecule has 4 rings (SSSR count). The van der Waals surface area contributed by atoms with Crippen molar-refractivity contribution in [1.82, 2.24) is 14.4 Å². The molecule has 3 aromatic heterocycles. The molecule has 0 aliphatic carbocycles. The molecule has 0 atom stereocenters. The van der Waals surface area contributed by atoms with E-state index in [0.717, 1.165) is 35.6 Å². The van der Waals surface area contributed by atoms with Crippen LogP contribution in [0, 0.1) is 0 Å². The summed E-state index contributed by atoms with van der Waals surface area (Å²) in [7, 11) is 0. The van der Waals surface area contributed by atoms with Gasteiger partial charge in [0, 0.05) is 12.7 Å². The van der Waals surface area contributed by atoms with Crippen molar-refractivity contribution in [2.45, 2.75) is 6.42 Å². The molecule has 1 aliphatic rings. The van der Waals surface area contributed by atoms with Gasteiger partial charge in [-0.25, -0.2) is 9.97 Å². The second-order valence-electron chi connectivity index (χ2n) is 4.06. The van der Waals surface area contributed by atoms with Crippen LogP contribution >= 0.6 is 0 Å². The molecule has 16 heavy (non-hydrogen) atoms. The normalized spacial score (nSPS) is 14.2. The lowest BCUT2D eigenvalue weighted by atomic mass is 10.2. The fraction of sp³-hybridized carbons (Fsp3) is 0.167. The maximum absolute atomic E-state index is 4.63. The lowest BCUT2D eigenvalue weighted by Gasteiger charge is -1.98. The van der Waals surface area contributed by atoms with Gasteiger partial charge in [0.05, 0.1) is 0 Å². The number of nitrogens with one attached hydrogen (secondary N) is 1. The third kappa shape index (κ3) is 0.934. The Bertz CT molecular complexity index is 699. The van der Waals surface area contributed by atoms with Gasteiger partial charge in [0.25, 0.3) is 0 Å². The molecule has 4 heteroatoms. The zero-order valence-electron chi connectivity index (χ0n) is 8.64. The van der Waals surface area contributed by atoms with Gasteiger partial charge in [0.2, 0.25) is 0 Å². The molecular formula is C12H10N4. The Morgan fingerprint density at radius 3 is 3.25 bits per heavy atom. The van der Waals surface area contributed by atoms with E-state index in [4.69, 9.17) is 0 Å². The smallest absolute Gasteiger partial charge is 0.166 e. The number of hydrogen-bond acceptors (Lipinski definition) is 3. The van der Waals surface area contributed by atoms with Crippen molar-refractivity contribution >= 4 is 22.6 Å². The highest BCUT2D eigenvalue weighted by Crippen LogP contribution is 2.24. The van der Waals surface area contributed by atoms with Gasteiger partial charge in [-0.1, -0.05) is 6.07 Å². The quantitative estimate of drug-likeness (QED) is 0.615. The molecule has 0 saturated heterocycles. The van der Waals surface area contributed by atoms with Crippen LogP contribution in [0.2, 0.25) is 0 Å². The maximum Gasteiger partial charge on any atom is 0.166 e.